The molecule has 3 aromatic heterocycles. The van der Waals surface area contributed by atoms with Crippen LogP contribution in [0.3, 0.4) is 0 Å². The lowest BCUT2D eigenvalue weighted by atomic mass is 10.0. The van der Waals surface area contributed by atoms with Crippen molar-refractivity contribution in [1.82, 2.24) is 34.4 Å². The van der Waals surface area contributed by atoms with Gasteiger partial charge in [0.05, 0.1) is 29.6 Å². The number of aromatic amines is 2. The minimum atomic E-state index is -0.000762. The molecular weight excluding hydrogens is 338 g/mol. The van der Waals surface area contributed by atoms with E-state index in [0.29, 0.717) is 0 Å². The Balaban J connectivity index is 1.54. The van der Waals surface area contributed by atoms with Crippen LogP contribution in [0.2, 0.25) is 0 Å². The maximum atomic E-state index is 4.87. The van der Waals surface area contributed by atoms with E-state index in [9.17, 15) is 0 Å². The van der Waals surface area contributed by atoms with Crippen molar-refractivity contribution in [3.8, 4) is 0 Å². The lowest BCUT2D eigenvalue weighted by molar-refractivity contribution is 0.187. The quantitative estimate of drug-likeness (QED) is 0.573. The van der Waals surface area contributed by atoms with Gasteiger partial charge in [0.15, 0.2) is 0 Å². The standard InChI is InChI=1S/C20H23N7/c1-2-9-26-11-8-21-17(26)12-27-10-7-16-18(23-13-22-16)19(27)20-24-14-5-3-4-6-15(14)25-20/h3-6,8,11,13,19H,2,7,9-10,12H2,1H3,(H,22,23)(H,24,25)/t19-/m0/s1. The minimum absolute atomic E-state index is 0.000762. The summed E-state index contributed by atoms with van der Waals surface area (Å²) in [4.78, 5) is 23.4. The fourth-order valence-electron chi connectivity index (χ4n) is 4.02. The van der Waals surface area contributed by atoms with E-state index in [1.165, 1.54) is 5.69 Å². The summed E-state index contributed by atoms with van der Waals surface area (Å²) >= 11 is 0. The molecule has 0 amide bonds. The lowest BCUT2D eigenvalue weighted by Gasteiger charge is -2.33. The fraction of sp³-hybridized carbons (Fsp3) is 0.350. The number of nitrogens with zero attached hydrogens (tertiary/aromatic N) is 5. The highest BCUT2D eigenvalue weighted by Crippen LogP contribution is 2.33. The molecule has 0 aliphatic carbocycles. The second kappa shape index (κ2) is 6.66. The van der Waals surface area contributed by atoms with Gasteiger partial charge >= 0.3 is 0 Å². The first-order valence-electron chi connectivity index (χ1n) is 9.54. The highest BCUT2D eigenvalue weighted by atomic mass is 15.2. The summed E-state index contributed by atoms with van der Waals surface area (Å²) in [6.45, 7) is 4.90. The molecule has 5 rings (SSSR count). The van der Waals surface area contributed by atoms with Gasteiger partial charge in [-0.2, -0.15) is 0 Å². The van der Waals surface area contributed by atoms with Crippen molar-refractivity contribution in [3.05, 3.63) is 66.0 Å². The SMILES string of the molecule is CCCn1ccnc1CN1CCc2[nH]cnc2[C@H]1c1nc2ccccc2[nH]1. The number of aromatic nitrogens is 6. The van der Waals surface area contributed by atoms with E-state index in [4.69, 9.17) is 4.98 Å². The molecular formula is C20H23N7. The van der Waals surface area contributed by atoms with Crippen LogP contribution in [0.25, 0.3) is 11.0 Å². The number of para-hydroxylation sites is 2. The van der Waals surface area contributed by atoms with Crippen molar-refractivity contribution in [2.75, 3.05) is 6.54 Å². The summed E-state index contributed by atoms with van der Waals surface area (Å²) in [5.41, 5.74) is 4.31. The van der Waals surface area contributed by atoms with Crippen LogP contribution in [0.1, 0.15) is 42.4 Å². The topological polar surface area (TPSA) is 78.4 Å². The number of H-pyrrole nitrogens is 2. The molecule has 138 valence electrons. The number of rotatable bonds is 5. The number of hydrogen-bond donors (Lipinski definition) is 2. The Morgan fingerprint density at radius 2 is 2.15 bits per heavy atom. The van der Waals surface area contributed by atoms with Crippen LogP contribution in [0.5, 0.6) is 0 Å². The summed E-state index contributed by atoms with van der Waals surface area (Å²) in [6, 6.07) is 8.16. The van der Waals surface area contributed by atoms with Gasteiger partial charge in [-0.1, -0.05) is 19.1 Å². The minimum Gasteiger partial charge on any atom is -0.348 e. The largest absolute Gasteiger partial charge is 0.348 e. The van der Waals surface area contributed by atoms with E-state index in [-0.39, 0.29) is 6.04 Å². The third-order valence-corrected chi connectivity index (χ3v) is 5.30. The highest BCUT2D eigenvalue weighted by Gasteiger charge is 2.33. The maximum Gasteiger partial charge on any atom is 0.130 e. The Bertz CT molecular complexity index is 1020. The Morgan fingerprint density at radius 3 is 3.04 bits per heavy atom. The van der Waals surface area contributed by atoms with Crippen LogP contribution >= 0.6 is 0 Å². The summed E-state index contributed by atoms with van der Waals surface area (Å²) in [7, 11) is 0. The first-order chi connectivity index (χ1) is 13.3. The zero-order chi connectivity index (χ0) is 18.2. The summed E-state index contributed by atoms with van der Waals surface area (Å²) in [5, 5.41) is 0. The molecule has 0 fully saturated rings. The van der Waals surface area contributed by atoms with Gasteiger partial charge < -0.3 is 14.5 Å². The first kappa shape index (κ1) is 16.3. The molecule has 0 spiro atoms. The molecule has 4 aromatic rings. The van der Waals surface area contributed by atoms with E-state index in [0.717, 1.165) is 60.9 Å². The summed E-state index contributed by atoms with van der Waals surface area (Å²) in [5.74, 6) is 2.04. The molecule has 1 aromatic carbocycles. The van der Waals surface area contributed by atoms with E-state index in [1.54, 1.807) is 6.33 Å². The van der Waals surface area contributed by atoms with Crippen LogP contribution < -0.4 is 0 Å². The van der Waals surface area contributed by atoms with Gasteiger partial charge in [-0.3, -0.25) is 4.90 Å². The zero-order valence-corrected chi connectivity index (χ0v) is 15.4. The monoisotopic (exact) mass is 361 g/mol. The number of hydrogen-bond acceptors (Lipinski definition) is 4. The average molecular weight is 361 g/mol. The highest BCUT2D eigenvalue weighted by molar-refractivity contribution is 5.75. The normalized spacial score (nSPS) is 17.4. The van der Waals surface area contributed by atoms with Crippen LogP contribution in [0.4, 0.5) is 0 Å². The van der Waals surface area contributed by atoms with Crippen molar-refractivity contribution in [2.24, 2.45) is 0 Å². The van der Waals surface area contributed by atoms with Crippen LogP contribution in [0.15, 0.2) is 43.0 Å². The number of imidazole rings is 3. The molecule has 0 saturated carbocycles. The van der Waals surface area contributed by atoms with Crippen molar-refractivity contribution >= 4 is 11.0 Å². The number of aryl methyl sites for hydroxylation is 1. The Kier molecular flexibility index (Phi) is 4.01. The van der Waals surface area contributed by atoms with Gasteiger partial charge in [-0.05, 0) is 18.6 Å². The molecule has 1 aliphatic heterocycles. The predicted octanol–water partition coefficient (Wildman–Crippen LogP) is 3.04. The van der Waals surface area contributed by atoms with Crippen molar-refractivity contribution in [1.29, 1.82) is 0 Å². The van der Waals surface area contributed by atoms with Crippen molar-refractivity contribution < 1.29 is 0 Å². The fourth-order valence-corrected chi connectivity index (χ4v) is 4.02. The molecule has 2 N–H and O–H groups in total. The average Bonchev–Trinajstić information content (AvgIpc) is 3.41. The Morgan fingerprint density at radius 1 is 1.22 bits per heavy atom. The molecule has 4 heterocycles. The third-order valence-electron chi connectivity index (χ3n) is 5.30. The van der Waals surface area contributed by atoms with E-state index in [2.05, 4.69) is 48.6 Å². The van der Waals surface area contributed by atoms with E-state index in [1.807, 2.05) is 24.4 Å². The van der Waals surface area contributed by atoms with Crippen molar-refractivity contribution in [3.63, 3.8) is 0 Å². The second-order valence-electron chi connectivity index (χ2n) is 7.07. The predicted molar refractivity (Wildman–Crippen MR) is 103 cm³/mol. The maximum absolute atomic E-state index is 4.87. The first-order valence-corrected chi connectivity index (χ1v) is 9.54. The van der Waals surface area contributed by atoms with Gasteiger partial charge in [-0.15, -0.1) is 0 Å². The Labute approximate surface area is 157 Å². The molecule has 7 nitrogen and oxygen atoms in total. The number of benzene rings is 1. The Hall–Kier alpha value is -2.93. The van der Waals surface area contributed by atoms with Gasteiger partial charge in [0, 0.05) is 37.6 Å². The summed E-state index contributed by atoms with van der Waals surface area (Å²) in [6.07, 6.45) is 7.81. The number of fused-ring (bicyclic) bond motifs is 2. The van der Waals surface area contributed by atoms with Gasteiger partial charge in [0.25, 0.3) is 0 Å². The van der Waals surface area contributed by atoms with Crippen LogP contribution in [-0.4, -0.2) is 40.9 Å². The number of nitrogens with one attached hydrogen (secondary N) is 2. The van der Waals surface area contributed by atoms with Gasteiger partial charge in [0.1, 0.15) is 17.7 Å². The van der Waals surface area contributed by atoms with Gasteiger partial charge in [0.2, 0.25) is 0 Å². The zero-order valence-electron chi connectivity index (χ0n) is 15.4. The second-order valence-corrected chi connectivity index (χ2v) is 7.07. The molecule has 0 unspecified atom stereocenters. The van der Waals surface area contributed by atoms with Crippen LogP contribution in [0, 0.1) is 0 Å². The van der Waals surface area contributed by atoms with E-state index < -0.39 is 0 Å². The van der Waals surface area contributed by atoms with Crippen molar-refractivity contribution in [2.45, 2.75) is 38.9 Å². The molecule has 0 saturated heterocycles. The lowest BCUT2D eigenvalue weighted by Crippen LogP contribution is -2.37. The molecule has 0 radical (unpaired) electrons. The molecule has 1 atom stereocenters. The third kappa shape index (κ3) is 2.84. The molecule has 27 heavy (non-hydrogen) atoms. The van der Waals surface area contributed by atoms with Gasteiger partial charge in [-0.25, -0.2) is 15.0 Å². The summed E-state index contributed by atoms with van der Waals surface area (Å²) < 4.78 is 2.25. The smallest absolute Gasteiger partial charge is 0.130 e. The molecule has 7 heteroatoms. The van der Waals surface area contributed by atoms with E-state index >= 15 is 0 Å². The molecule has 1 aliphatic rings. The molecule has 0 bridgehead atoms. The van der Waals surface area contributed by atoms with Crippen LogP contribution in [-0.2, 0) is 19.5 Å².